The average Bonchev–Trinajstić information content (AvgIpc) is 3.07. The number of piperazine rings is 1. The summed E-state index contributed by atoms with van der Waals surface area (Å²) in [6.07, 6.45) is 5.49. The Labute approximate surface area is 165 Å². The predicted molar refractivity (Wildman–Crippen MR) is 107 cm³/mol. The molecule has 1 atom stereocenters. The van der Waals surface area contributed by atoms with Gasteiger partial charge >= 0.3 is 5.97 Å². The van der Waals surface area contributed by atoms with E-state index in [0.717, 1.165) is 53.7 Å². The molecular formula is C20H21BrN4O2. The van der Waals surface area contributed by atoms with Crippen LogP contribution in [0.25, 0.3) is 10.9 Å². The summed E-state index contributed by atoms with van der Waals surface area (Å²) in [4.78, 5) is 23.9. The Morgan fingerprint density at radius 2 is 2.07 bits per heavy atom. The number of aromatic amines is 1. The first kappa shape index (κ1) is 18.2. The number of carbonyl (C=O) groups is 1. The van der Waals surface area contributed by atoms with E-state index in [1.165, 1.54) is 5.56 Å². The standard InChI is InChI=1S/C20H21BrN4O2/c21-15-3-4-18-16(10-15)17(12-23-18)19(20(26)27)25-8-6-24(7-9-25)13-14-2-1-5-22-11-14/h1-5,10-12,19,23H,6-9,13H2,(H,26,27). The molecular weight excluding hydrogens is 408 g/mol. The molecule has 140 valence electrons. The number of H-pyrrole nitrogens is 1. The van der Waals surface area contributed by atoms with Crippen LogP contribution in [0.3, 0.4) is 0 Å². The first-order valence-electron chi connectivity index (χ1n) is 8.96. The summed E-state index contributed by atoms with van der Waals surface area (Å²) in [6, 6.07) is 9.28. The van der Waals surface area contributed by atoms with Gasteiger partial charge < -0.3 is 10.1 Å². The fourth-order valence-electron chi connectivity index (χ4n) is 3.76. The van der Waals surface area contributed by atoms with Crippen molar-refractivity contribution >= 4 is 32.8 Å². The third-order valence-corrected chi connectivity index (χ3v) is 5.60. The number of aliphatic carboxylic acids is 1. The number of benzene rings is 1. The molecule has 0 aliphatic carbocycles. The van der Waals surface area contributed by atoms with Crippen LogP contribution < -0.4 is 0 Å². The van der Waals surface area contributed by atoms with Gasteiger partial charge in [0.1, 0.15) is 6.04 Å². The second kappa shape index (κ2) is 7.80. The molecule has 0 spiro atoms. The first-order chi connectivity index (χ1) is 13.1. The Morgan fingerprint density at radius 1 is 1.26 bits per heavy atom. The van der Waals surface area contributed by atoms with Gasteiger partial charge in [-0.3, -0.25) is 19.6 Å². The lowest BCUT2D eigenvalue weighted by molar-refractivity contribution is -0.144. The second-order valence-electron chi connectivity index (χ2n) is 6.85. The minimum absolute atomic E-state index is 0.645. The average molecular weight is 429 g/mol. The number of hydrogen-bond donors (Lipinski definition) is 2. The Bertz CT molecular complexity index is 936. The van der Waals surface area contributed by atoms with Crippen LogP contribution in [0.15, 0.2) is 53.4 Å². The highest BCUT2D eigenvalue weighted by Crippen LogP contribution is 2.31. The molecule has 3 aromatic rings. The lowest BCUT2D eigenvalue weighted by Gasteiger charge is -2.37. The monoisotopic (exact) mass is 428 g/mol. The highest BCUT2D eigenvalue weighted by Gasteiger charge is 2.32. The number of pyridine rings is 1. The normalized spacial score (nSPS) is 17.2. The Balaban J connectivity index is 1.50. The quantitative estimate of drug-likeness (QED) is 0.652. The van der Waals surface area contributed by atoms with Gasteiger partial charge in [0.15, 0.2) is 0 Å². The zero-order valence-electron chi connectivity index (χ0n) is 14.8. The van der Waals surface area contributed by atoms with Gasteiger partial charge in [-0.2, -0.15) is 0 Å². The van der Waals surface area contributed by atoms with Crippen LogP contribution in [-0.4, -0.2) is 57.0 Å². The number of carboxylic acid groups (broad SMARTS) is 1. The molecule has 0 radical (unpaired) electrons. The molecule has 1 unspecified atom stereocenters. The van der Waals surface area contributed by atoms with Crippen LogP contribution in [0, 0.1) is 0 Å². The maximum atomic E-state index is 12.1. The van der Waals surface area contributed by atoms with Crippen LogP contribution >= 0.6 is 15.9 Å². The SMILES string of the molecule is O=C(O)C(c1c[nH]c2ccc(Br)cc12)N1CCN(Cc2cccnc2)CC1. The highest BCUT2D eigenvalue weighted by molar-refractivity contribution is 9.10. The van der Waals surface area contributed by atoms with Crippen molar-refractivity contribution in [3.8, 4) is 0 Å². The van der Waals surface area contributed by atoms with Gasteiger partial charge in [-0.05, 0) is 29.8 Å². The van der Waals surface area contributed by atoms with Crippen molar-refractivity contribution < 1.29 is 9.90 Å². The number of rotatable bonds is 5. The van der Waals surface area contributed by atoms with E-state index >= 15 is 0 Å². The van der Waals surface area contributed by atoms with Crippen molar-refractivity contribution in [3.05, 3.63) is 64.5 Å². The fourth-order valence-corrected chi connectivity index (χ4v) is 4.12. The number of halogens is 1. The van der Waals surface area contributed by atoms with Crippen LogP contribution in [0.2, 0.25) is 0 Å². The number of hydrogen-bond acceptors (Lipinski definition) is 4. The van der Waals surface area contributed by atoms with Crippen LogP contribution in [0.1, 0.15) is 17.2 Å². The van der Waals surface area contributed by atoms with Crippen molar-refractivity contribution in [2.75, 3.05) is 26.2 Å². The molecule has 4 rings (SSSR count). The number of nitrogens with one attached hydrogen (secondary N) is 1. The molecule has 0 saturated carbocycles. The molecule has 1 saturated heterocycles. The molecule has 1 aliphatic rings. The van der Waals surface area contributed by atoms with Crippen LogP contribution in [0.5, 0.6) is 0 Å². The summed E-state index contributed by atoms with van der Waals surface area (Å²) in [5.41, 5.74) is 2.95. The molecule has 1 aliphatic heterocycles. The van der Waals surface area contributed by atoms with E-state index in [1.807, 2.05) is 36.7 Å². The maximum absolute atomic E-state index is 12.1. The number of nitrogens with zero attached hydrogens (tertiary/aromatic N) is 3. The third kappa shape index (κ3) is 3.90. The van der Waals surface area contributed by atoms with E-state index in [9.17, 15) is 9.90 Å². The highest BCUT2D eigenvalue weighted by atomic mass is 79.9. The van der Waals surface area contributed by atoms with Gasteiger partial charge in [-0.15, -0.1) is 0 Å². The number of aromatic nitrogens is 2. The third-order valence-electron chi connectivity index (χ3n) is 5.11. The van der Waals surface area contributed by atoms with Gasteiger partial charge in [-0.1, -0.05) is 22.0 Å². The van der Waals surface area contributed by atoms with Crippen molar-refractivity contribution in [2.24, 2.45) is 0 Å². The largest absolute Gasteiger partial charge is 0.480 e. The van der Waals surface area contributed by atoms with Gasteiger partial charge in [0.2, 0.25) is 0 Å². The molecule has 2 N–H and O–H groups in total. The van der Waals surface area contributed by atoms with E-state index in [4.69, 9.17) is 0 Å². The van der Waals surface area contributed by atoms with E-state index in [0.29, 0.717) is 0 Å². The smallest absolute Gasteiger partial charge is 0.325 e. The lowest BCUT2D eigenvalue weighted by Crippen LogP contribution is -2.48. The fraction of sp³-hybridized carbons (Fsp3) is 0.300. The van der Waals surface area contributed by atoms with E-state index in [1.54, 1.807) is 6.20 Å². The predicted octanol–water partition coefficient (Wildman–Crippen LogP) is 3.27. The Hall–Kier alpha value is -2.22. The molecule has 3 heterocycles. The molecule has 6 nitrogen and oxygen atoms in total. The second-order valence-corrected chi connectivity index (χ2v) is 7.76. The molecule has 7 heteroatoms. The van der Waals surface area contributed by atoms with Crippen molar-refractivity contribution in [1.29, 1.82) is 0 Å². The van der Waals surface area contributed by atoms with E-state index in [-0.39, 0.29) is 0 Å². The lowest BCUT2D eigenvalue weighted by atomic mass is 10.0. The minimum atomic E-state index is -0.809. The summed E-state index contributed by atoms with van der Waals surface area (Å²) < 4.78 is 0.946. The summed E-state index contributed by atoms with van der Waals surface area (Å²) in [7, 11) is 0. The zero-order valence-corrected chi connectivity index (χ0v) is 16.4. The Morgan fingerprint density at radius 3 is 2.78 bits per heavy atom. The maximum Gasteiger partial charge on any atom is 0.325 e. The number of carboxylic acids is 1. The van der Waals surface area contributed by atoms with Crippen LogP contribution in [0.4, 0.5) is 0 Å². The van der Waals surface area contributed by atoms with E-state index in [2.05, 4.69) is 41.8 Å². The van der Waals surface area contributed by atoms with E-state index < -0.39 is 12.0 Å². The topological polar surface area (TPSA) is 72.5 Å². The van der Waals surface area contributed by atoms with Crippen molar-refractivity contribution in [2.45, 2.75) is 12.6 Å². The molecule has 1 aromatic carbocycles. The minimum Gasteiger partial charge on any atom is -0.480 e. The summed E-state index contributed by atoms with van der Waals surface area (Å²) in [5, 5.41) is 10.9. The zero-order chi connectivity index (χ0) is 18.8. The summed E-state index contributed by atoms with van der Waals surface area (Å²) in [6.45, 7) is 3.96. The van der Waals surface area contributed by atoms with Crippen molar-refractivity contribution in [1.82, 2.24) is 19.8 Å². The van der Waals surface area contributed by atoms with Gasteiger partial charge in [0.25, 0.3) is 0 Å². The van der Waals surface area contributed by atoms with Crippen LogP contribution in [-0.2, 0) is 11.3 Å². The summed E-state index contributed by atoms with van der Waals surface area (Å²) in [5.74, 6) is -0.809. The molecule has 1 fully saturated rings. The Kier molecular flexibility index (Phi) is 5.24. The van der Waals surface area contributed by atoms with Gasteiger partial charge in [0, 0.05) is 72.3 Å². The first-order valence-corrected chi connectivity index (χ1v) is 9.76. The molecule has 2 aromatic heterocycles. The molecule has 0 amide bonds. The van der Waals surface area contributed by atoms with Gasteiger partial charge in [0.05, 0.1) is 0 Å². The number of fused-ring (bicyclic) bond motifs is 1. The molecule has 0 bridgehead atoms. The van der Waals surface area contributed by atoms with Crippen molar-refractivity contribution in [3.63, 3.8) is 0 Å². The molecule has 27 heavy (non-hydrogen) atoms. The summed E-state index contributed by atoms with van der Waals surface area (Å²) >= 11 is 3.49. The van der Waals surface area contributed by atoms with Gasteiger partial charge in [-0.25, -0.2) is 0 Å².